The molecule has 0 spiro atoms. The van der Waals surface area contributed by atoms with E-state index in [0.717, 1.165) is 38.0 Å². The molecule has 1 unspecified atom stereocenters. The zero-order valence-electron chi connectivity index (χ0n) is 12.8. The maximum Gasteiger partial charge on any atom is 0.127 e. The van der Waals surface area contributed by atoms with Gasteiger partial charge in [0.2, 0.25) is 0 Å². The number of likely N-dealkylation sites (tertiary alicyclic amines) is 1. The Kier molecular flexibility index (Phi) is 4.56. The van der Waals surface area contributed by atoms with E-state index in [2.05, 4.69) is 40.7 Å². The molecule has 2 heterocycles. The molecule has 4 nitrogen and oxygen atoms in total. The molecule has 4 heteroatoms. The Morgan fingerprint density at radius 3 is 2.95 bits per heavy atom. The summed E-state index contributed by atoms with van der Waals surface area (Å²) in [5.41, 5.74) is 2.36. The molecular formula is C17H25N3O. The third-order valence-electron chi connectivity index (χ3n) is 4.52. The van der Waals surface area contributed by atoms with Gasteiger partial charge in [-0.15, -0.1) is 0 Å². The van der Waals surface area contributed by atoms with E-state index in [1.807, 2.05) is 0 Å². The number of hydrogen-bond acceptors (Lipinski definition) is 3. The minimum absolute atomic E-state index is 0.298. The second kappa shape index (κ2) is 6.58. The van der Waals surface area contributed by atoms with E-state index in [-0.39, 0.29) is 0 Å². The van der Waals surface area contributed by atoms with Crippen molar-refractivity contribution >= 4 is 11.0 Å². The van der Waals surface area contributed by atoms with Gasteiger partial charge in [-0.3, -0.25) is 4.90 Å². The molecule has 1 aromatic carbocycles. The predicted octanol–water partition coefficient (Wildman–Crippen LogP) is 2.97. The van der Waals surface area contributed by atoms with Crippen molar-refractivity contribution in [3.8, 4) is 0 Å². The van der Waals surface area contributed by atoms with E-state index in [0.29, 0.717) is 12.6 Å². The number of fused-ring (bicyclic) bond motifs is 1. The summed E-state index contributed by atoms with van der Waals surface area (Å²) < 4.78 is 2.37. The van der Waals surface area contributed by atoms with E-state index < -0.39 is 0 Å². The molecule has 0 amide bonds. The topological polar surface area (TPSA) is 41.3 Å². The summed E-state index contributed by atoms with van der Waals surface area (Å²) in [6, 6.07) is 8.87. The smallest absolute Gasteiger partial charge is 0.127 e. The number of hydrogen-bond donors (Lipinski definition) is 1. The third-order valence-corrected chi connectivity index (χ3v) is 4.52. The molecule has 0 aliphatic carbocycles. The average Bonchev–Trinajstić information content (AvgIpc) is 3.10. The fourth-order valence-corrected chi connectivity index (χ4v) is 3.49. The molecule has 0 radical (unpaired) electrons. The highest BCUT2D eigenvalue weighted by atomic mass is 16.2. The number of rotatable bonds is 6. The Balaban J connectivity index is 1.88. The molecule has 1 aliphatic heterocycles. The third kappa shape index (κ3) is 2.83. The van der Waals surface area contributed by atoms with E-state index in [9.17, 15) is 0 Å². The van der Waals surface area contributed by atoms with E-state index in [1.54, 1.807) is 0 Å². The summed E-state index contributed by atoms with van der Waals surface area (Å²) >= 11 is 0. The lowest BCUT2D eigenvalue weighted by Gasteiger charge is -2.24. The van der Waals surface area contributed by atoms with Crippen molar-refractivity contribution in [3.05, 3.63) is 30.1 Å². The number of benzene rings is 1. The average molecular weight is 287 g/mol. The van der Waals surface area contributed by atoms with Gasteiger partial charge >= 0.3 is 0 Å². The molecule has 21 heavy (non-hydrogen) atoms. The Labute approximate surface area is 126 Å². The largest absolute Gasteiger partial charge is 0.396 e. The van der Waals surface area contributed by atoms with Crippen LogP contribution in [0.1, 0.15) is 44.5 Å². The lowest BCUT2D eigenvalue weighted by molar-refractivity contribution is 0.223. The molecule has 0 saturated carbocycles. The van der Waals surface area contributed by atoms with Gasteiger partial charge in [0, 0.05) is 13.2 Å². The van der Waals surface area contributed by atoms with Gasteiger partial charge in [0.1, 0.15) is 5.82 Å². The summed E-state index contributed by atoms with van der Waals surface area (Å²) in [5.74, 6) is 1.22. The van der Waals surface area contributed by atoms with Crippen LogP contribution in [-0.4, -0.2) is 39.3 Å². The highest BCUT2D eigenvalue weighted by molar-refractivity contribution is 5.76. The maximum absolute atomic E-state index is 8.97. The van der Waals surface area contributed by atoms with Crippen LogP contribution in [0.25, 0.3) is 11.0 Å². The number of aryl methyl sites for hydroxylation is 1. The van der Waals surface area contributed by atoms with Gasteiger partial charge in [0.25, 0.3) is 0 Å². The lowest BCUT2D eigenvalue weighted by atomic mass is 10.2. The number of unbranched alkanes of at least 4 members (excludes halogenated alkanes) is 1. The molecule has 1 fully saturated rings. The van der Waals surface area contributed by atoms with Crippen LogP contribution in [-0.2, 0) is 6.54 Å². The molecule has 1 aliphatic rings. The van der Waals surface area contributed by atoms with Crippen LogP contribution in [0.5, 0.6) is 0 Å². The SMILES string of the molecule is CCn1c(C2CCCN2CCCCO)nc2ccccc21. The first kappa shape index (κ1) is 14.5. The van der Waals surface area contributed by atoms with E-state index >= 15 is 0 Å². The van der Waals surface area contributed by atoms with Gasteiger partial charge in [-0.1, -0.05) is 12.1 Å². The normalized spacial score (nSPS) is 19.6. The van der Waals surface area contributed by atoms with E-state index in [4.69, 9.17) is 10.1 Å². The minimum Gasteiger partial charge on any atom is -0.396 e. The number of aliphatic hydroxyl groups is 1. The maximum atomic E-state index is 8.97. The van der Waals surface area contributed by atoms with Crippen LogP contribution < -0.4 is 0 Å². The van der Waals surface area contributed by atoms with Crippen molar-refractivity contribution in [1.29, 1.82) is 0 Å². The van der Waals surface area contributed by atoms with Crippen LogP contribution in [0.2, 0.25) is 0 Å². The first-order valence-corrected chi connectivity index (χ1v) is 8.15. The van der Waals surface area contributed by atoms with Crippen LogP contribution >= 0.6 is 0 Å². The Bertz CT molecular complexity index is 593. The summed E-state index contributed by atoms with van der Waals surface area (Å²) in [5, 5.41) is 8.97. The summed E-state index contributed by atoms with van der Waals surface area (Å²) in [4.78, 5) is 7.46. The summed E-state index contributed by atoms with van der Waals surface area (Å²) in [6.45, 7) is 5.69. The molecule has 1 atom stereocenters. The van der Waals surface area contributed by atoms with Crippen molar-refractivity contribution < 1.29 is 5.11 Å². The molecular weight excluding hydrogens is 262 g/mol. The first-order valence-electron chi connectivity index (χ1n) is 8.15. The second-order valence-electron chi connectivity index (χ2n) is 5.83. The quantitative estimate of drug-likeness (QED) is 0.831. The van der Waals surface area contributed by atoms with Crippen LogP contribution in [0.4, 0.5) is 0 Å². The monoisotopic (exact) mass is 287 g/mol. The standard InChI is InChI=1S/C17H25N3O/c1-2-20-15-9-4-3-8-14(15)18-17(20)16-10-7-12-19(16)11-5-6-13-21/h3-4,8-9,16,21H,2,5-7,10-13H2,1H3. The van der Waals surface area contributed by atoms with Crippen molar-refractivity contribution in [2.75, 3.05) is 19.7 Å². The second-order valence-corrected chi connectivity index (χ2v) is 5.83. The van der Waals surface area contributed by atoms with E-state index in [1.165, 1.54) is 24.2 Å². The van der Waals surface area contributed by atoms with Crippen molar-refractivity contribution in [2.45, 2.75) is 45.2 Å². The Morgan fingerprint density at radius 1 is 1.29 bits per heavy atom. The number of imidazole rings is 1. The molecule has 1 N–H and O–H groups in total. The van der Waals surface area contributed by atoms with Gasteiger partial charge < -0.3 is 9.67 Å². The number of para-hydroxylation sites is 2. The van der Waals surface area contributed by atoms with Crippen LogP contribution in [0, 0.1) is 0 Å². The highest BCUT2D eigenvalue weighted by Crippen LogP contribution is 2.33. The zero-order valence-corrected chi connectivity index (χ0v) is 12.8. The number of aromatic nitrogens is 2. The number of aliphatic hydroxyl groups excluding tert-OH is 1. The molecule has 1 saturated heterocycles. The Morgan fingerprint density at radius 2 is 2.14 bits per heavy atom. The van der Waals surface area contributed by atoms with Gasteiger partial charge in [-0.25, -0.2) is 4.98 Å². The summed E-state index contributed by atoms with van der Waals surface area (Å²) in [6.07, 6.45) is 4.41. The number of nitrogens with zero attached hydrogens (tertiary/aromatic N) is 3. The predicted molar refractivity (Wildman–Crippen MR) is 85.3 cm³/mol. The molecule has 3 rings (SSSR count). The molecule has 1 aromatic heterocycles. The fourth-order valence-electron chi connectivity index (χ4n) is 3.49. The van der Waals surface area contributed by atoms with Gasteiger partial charge in [-0.2, -0.15) is 0 Å². The minimum atomic E-state index is 0.298. The molecule has 2 aromatic rings. The molecule has 0 bridgehead atoms. The zero-order chi connectivity index (χ0) is 14.7. The fraction of sp³-hybridized carbons (Fsp3) is 0.588. The Hall–Kier alpha value is -1.39. The van der Waals surface area contributed by atoms with Crippen LogP contribution in [0.3, 0.4) is 0 Å². The van der Waals surface area contributed by atoms with Gasteiger partial charge in [0.05, 0.1) is 17.1 Å². The van der Waals surface area contributed by atoms with Crippen molar-refractivity contribution in [1.82, 2.24) is 14.5 Å². The summed E-state index contributed by atoms with van der Waals surface area (Å²) in [7, 11) is 0. The lowest BCUT2D eigenvalue weighted by Crippen LogP contribution is -2.26. The van der Waals surface area contributed by atoms with Crippen LogP contribution in [0.15, 0.2) is 24.3 Å². The van der Waals surface area contributed by atoms with Gasteiger partial charge in [-0.05, 0) is 57.8 Å². The van der Waals surface area contributed by atoms with Gasteiger partial charge in [0.15, 0.2) is 0 Å². The van der Waals surface area contributed by atoms with Crippen molar-refractivity contribution in [3.63, 3.8) is 0 Å². The molecule has 114 valence electrons. The van der Waals surface area contributed by atoms with Crippen molar-refractivity contribution in [2.24, 2.45) is 0 Å². The highest BCUT2D eigenvalue weighted by Gasteiger charge is 2.29. The first-order chi connectivity index (χ1) is 10.3.